The fourth-order valence-corrected chi connectivity index (χ4v) is 2.33. The fourth-order valence-electron chi connectivity index (χ4n) is 2.33. The van der Waals surface area contributed by atoms with Crippen molar-refractivity contribution in [2.45, 2.75) is 25.3 Å². The Balaban J connectivity index is 1.75. The van der Waals surface area contributed by atoms with Gasteiger partial charge in [-0.05, 0) is 36.6 Å². The Morgan fingerprint density at radius 1 is 1.41 bits per heavy atom. The number of fused-ring (bicyclic) bond motifs is 1. The Kier molecular flexibility index (Phi) is 2.59. The predicted octanol–water partition coefficient (Wildman–Crippen LogP) is 2.07. The van der Waals surface area contributed by atoms with Gasteiger partial charge in [0, 0.05) is 18.0 Å². The van der Waals surface area contributed by atoms with Gasteiger partial charge in [-0.1, -0.05) is 12.2 Å². The van der Waals surface area contributed by atoms with Gasteiger partial charge in [0.25, 0.3) is 5.91 Å². The Bertz CT molecular complexity index is 479. The molecule has 2 aliphatic rings. The number of hydrogen-bond donors (Lipinski definition) is 1. The summed E-state index contributed by atoms with van der Waals surface area (Å²) in [6.45, 7) is 0.728. The third kappa shape index (κ3) is 2.05. The van der Waals surface area contributed by atoms with Crippen LogP contribution in [0.3, 0.4) is 0 Å². The summed E-state index contributed by atoms with van der Waals surface area (Å²) in [6.07, 6.45) is 7.15. The van der Waals surface area contributed by atoms with Crippen LogP contribution >= 0.6 is 0 Å². The Morgan fingerprint density at radius 2 is 2.35 bits per heavy atom. The van der Waals surface area contributed by atoms with Crippen LogP contribution in [-0.4, -0.2) is 18.6 Å². The summed E-state index contributed by atoms with van der Waals surface area (Å²) < 4.78 is 5.42. The van der Waals surface area contributed by atoms with Crippen molar-refractivity contribution in [3.63, 3.8) is 0 Å². The predicted molar refractivity (Wildman–Crippen MR) is 65.3 cm³/mol. The van der Waals surface area contributed by atoms with Crippen molar-refractivity contribution in [2.24, 2.45) is 0 Å². The molecule has 1 unspecified atom stereocenters. The van der Waals surface area contributed by atoms with Crippen LogP contribution in [0.1, 0.15) is 28.8 Å². The highest BCUT2D eigenvalue weighted by Crippen LogP contribution is 2.25. The lowest BCUT2D eigenvalue weighted by molar-refractivity contribution is 0.0944. The summed E-state index contributed by atoms with van der Waals surface area (Å²) in [6, 6.07) is 5.86. The molecular weight excluding hydrogens is 214 g/mol. The molecule has 0 spiro atoms. The average molecular weight is 229 g/mol. The number of amides is 1. The molecule has 0 fully saturated rings. The smallest absolute Gasteiger partial charge is 0.251 e. The molecule has 1 amide bonds. The van der Waals surface area contributed by atoms with Crippen LogP contribution in [0.25, 0.3) is 0 Å². The van der Waals surface area contributed by atoms with Gasteiger partial charge < -0.3 is 10.1 Å². The van der Waals surface area contributed by atoms with Crippen LogP contribution in [0.4, 0.5) is 0 Å². The number of ether oxygens (including phenoxy) is 1. The van der Waals surface area contributed by atoms with Gasteiger partial charge in [-0.25, -0.2) is 0 Å². The van der Waals surface area contributed by atoms with Crippen LogP contribution in [-0.2, 0) is 6.42 Å². The maximum atomic E-state index is 12.0. The number of rotatable bonds is 2. The molecule has 0 radical (unpaired) electrons. The molecule has 1 aliphatic heterocycles. The lowest BCUT2D eigenvalue weighted by Crippen LogP contribution is -2.31. The number of carbonyl (C=O) groups is 1. The van der Waals surface area contributed by atoms with Crippen molar-refractivity contribution >= 4 is 5.91 Å². The van der Waals surface area contributed by atoms with Crippen LogP contribution < -0.4 is 10.1 Å². The molecule has 1 N–H and O–H groups in total. The minimum absolute atomic E-state index is 0.0104. The summed E-state index contributed by atoms with van der Waals surface area (Å²) >= 11 is 0. The minimum atomic E-state index is 0.0104. The zero-order valence-electron chi connectivity index (χ0n) is 9.61. The van der Waals surface area contributed by atoms with Crippen molar-refractivity contribution in [1.82, 2.24) is 5.32 Å². The lowest BCUT2D eigenvalue weighted by atomic mass is 10.1. The van der Waals surface area contributed by atoms with E-state index in [9.17, 15) is 4.79 Å². The average Bonchev–Trinajstić information content (AvgIpc) is 2.97. The lowest BCUT2D eigenvalue weighted by Gasteiger charge is -2.11. The summed E-state index contributed by atoms with van der Waals surface area (Å²) in [5.41, 5.74) is 1.87. The molecule has 0 saturated carbocycles. The Labute approximate surface area is 100 Å². The molecule has 1 atom stereocenters. The van der Waals surface area contributed by atoms with Crippen LogP contribution in [0.15, 0.2) is 30.4 Å². The molecule has 17 heavy (non-hydrogen) atoms. The zero-order chi connectivity index (χ0) is 11.7. The third-order valence-corrected chi connectivity index (χ3v) is 3.28. The van der Waals surface area contributed by atoms with E-state index in [0.29, 0.717) is 0 Å². The molecule has 1 aliphatic carbocycles. The van der Waals surface area contributed by atoms with E-state index in [1.165, 1.54) is 0 Å². The number of nitrogens with one attached hydrogen (secondary N) is 1. The van der Waals surface area contributed by atoms with E-state index in [1.54, 1.807) is 0 Å². The van der Waals surface area contributed by atoms with E-state index in [2.05, 4.69) is 17.5 Å². The van der Waals surface area contributed by atoms with Crippen LogP contribution in [0, 0.1) is 0 Å². The maximum absolute atomic E-state index is 12.0. The molecule has 1 aromatic carbocycles. The highest BCUT2D eigenvalue weighted by molar-refractivity contribution is 5.95. The van der Waals surface area contributed by atoms with E-state index >= 15 is 0 Å². The zero-order valence-corrected chi connectivity index (χ0v) is 9.61. The second-order valence-electron chi connectivity index (χ2n) is 4.51. The fraction of sp³-hybridized carbons (Fsp3) is 0.357. The van der Waals surface area contributed by atoms with E-state index in [-0.39, 0.29) is 11.9 Å². The Morgan fingerprint density at radius 3 is 3.18 bits per heavy atom. The standard InChI is InChI=1S/C14H15NO2/c16-14(15-12-3-1-2-4-12)11-5-6-13-10(9-11)7-8-17-13/h1,3,5-6,9,12H,2,4,7-8H2,(H,15,16). The maximum Gasteiger partial charge on any atom is 0.251 e. The van der Waals surface area contributed by atoms with Gasteiger partial charge in [-0.15, -0.1) is 0 Å². The SMILES string of the molecule is O=C(NC1C=CCC1)c1ccc2c(c1)CCO2. The van der Waals surface area contributed by atoms with Crippen molar-refractivity contribution < 1.29 is 9.53 Å². The van der Waals surface area contributed by atoms with E-state index in [4.69, 9.17) is 4.74 Å². The van der Waals surface area contributed by atoms with Gasteiger partial charge in [0.15, 0.2) is 0 Å². The number of allylic oxidation sites excluding steroid dienone is 1. The molecular formula is C14H15NO2. The summed E-state index contributed by atoms with van der Waals surface area (Å²) in [5.74, 6) is 0.929. The van der Waals surface area contributed by atoms with Gasteiger partial charge in [0.05, 0.1) is 6.61 Å². The van der Waals surface area contributed by atoms with E-state index in [1.807, 2.05) is 18.2 Å². The van der Waals surface area contributed by atoms with E-state index < -0.39 is 0 Å². The topological polar surface area (TPSA) is 38.3 Å². The third-order valence-electron chi connectivity index (χ3n) is 3.28. The molecule has 0 saturated heterocycles. The molecule has 0 bridgehead atoms. The summed E-state index contributed by atoms with van der Waals surface area (Å²) in [4.78, 5) is 12.0. The van der Waals surface area contributed by atoms with Gasteiger partial charge in [-0.3, -0.25) is 4.79 Å². The number of hydrogen-bond acceptors (Lipinski definition) is 2. The van der Waals surface area contributed by atoms with Gasteiger partial charge in [0.2, 0.25) is 0 Å². The quantitative estimate of drug-likeness (QED) is 0.788. The number of carbonyl (C=O) groups excluding carboxylic acids is 1. The second kappa shape index (κ2) is 4.24. The molecule has 1 heterocycles. The van der Waals surface area contributed by atoms with Crippen molar-refractivity contribution in [1.29, 1.82) is 0 Å². The normalized spacial score (nSPS) is 21.1. The van der Waals surface area contributed by atoms with E-state index in [0.717, 1.165) is 42.7 Å². The first-order valence-corrected chi connectivity index (χ1v) is 6.06. The summed E-state index contributed by atoms with van der Waals surface area (Å²) in [5, 5.41) is 3.02. The van der Waals surface area contributed by atoms with Gasteiger partial charge in [0.1, 0.15) is 5.75 Å². The van der Waals surface area contributed by atoms with Crippen LogP contribution in [0.2, 0.25) is 0 Å². The van der Waals surface area contributed by atoms with Crippen molar-refractivity contribution in [3.8, 4) is 5.75 Å². The van der Waals surface area contributed by atoms with Crippen molar-refractivity contribution in [3.05, 3.63) is 41.5 Å². The second-order valence-corrected chi connectivity index (χ2v) is 4.51. The highest BCUT2D eigenvalue weighted by Gasteiger charge is 2.17. The first-order valence-electron chi connectivity index (χ1n) is 6.06. The molecule has 1 aromatic rings. The Hall–Kier alpha value is -1.77. The highest BCUT2D eigenvalue weighted by atomic mass is 16.5. The van der Waals surface area contributed by atoms with Crippen molar-refractivity contribution in [2.75, 3.05) is 6.61 Å². The summed E-state index contributed by atoms with van der Waals surface area (Å²) in [7, 11) is 0. The van der Waals surface area contributed by atoms with Gasteiger partial charge >= 0.3 is 0 Å². The molecule has 88 valence electrons. The minimum Gasteiger partial charge on any atom is -0.493 e. The largest absolute Gasteiger partial charge is 0.493 e. The first-order chi connectivity index (χ1) is 8.33. The van der Waals surface area contributed by atoms with Gasteiger partial charge in [-0.2, -0.15) is 0 Å². The molecule has 0 aromatic heterocycles. The molecule has 3 nitrogen and oxygen atoms in total. The molecule has 3 rings (SSSR count). The molecule has 3 heteroatoms. The van der Waals surface area contributed by atoms with Crippen LogP contribution in [0.5, 0.6) is 5.75 Å². The monoisotopic (exact) mass is 229 g/mol. The first kappa shape index (κ1) is 10.4. The number of benzene rings is 1.